The second-order valence-corrected chi connectivity index (χ2v) is 4.91. The molecule has 0 atom stereocenters. The van der Waals surface area contributed by atoms with Crippen LogP contribution in [-0.2, 0) is 6.42 Å². The molecule has 0 aliphatic rings. The Morgan fingerprint density at radius 3 is 2.87 bits per heavy atom. The number of pyridine rings is 2. The molecule has 0 bridgehead atoms. The van der Waals surface area contributed by atoms with E-state index >= 15 is 0 Å². The topological polar surface area (TPSA) is 111 Å². The van der Waals surface area contributed by atoms with Gasteiger partial charge < -0.3 is 4.98 Å². The summed E-state index contributed by atoms with van der Waals surface area (Å²) in [6.07, 6.45) is 5.14. The van der Waals surface area contributed by atoms with Gasteiger partial charge in [0.05, 0.1) is 0 Å². The number of nitrogens with one attached hydrogen (secondary N) is 1. The average molecular weight is 309 g/mol. The summed E-state index contributed by atoms with van der Waals surface area (Å²) in [7, 11) is 0. The summed E-state index contributed by atoms with van der Waals surface area (Å²) in [5, 5.41) is 12.2. The Morgan fingerprint density at radius 1 is 1.22 bits per heavy atom. The molecule has 0 unspecified atom stereocenters. The summed E-state index contributed by atoms with van der Waals surface area (Å²) in [5.41, 5.74) is 0.121. The molecule has 0 aliphatic heterocycles. The fraction of sp³-hybridized carbons (Fsp3) is 0.143. The van der Waals surface area contributed by atoms with Gasteiger partial charge in [0.25, 0.3) is 11.3 Å². The first-order chi connectivity index (χ1) is 11.2. The molecule has 0 saturated heterocycles. The zero-order valence-corrected chi connectivity index (χ0v) is 12.1. The quantitative estimate of drug-likeness (QED) is 0.561. The molecule has 4 heterocycles. The Balaban J connectivity index is 2.06. The van der Waals surface area contributed by atoms with E-state index in [1.807, 2.05) is 6.92 Å². The maximum atomic E-state index is 12.6. The van der Waals surface area contributed by atoms with Crippen molar-refractivity contribution < 1.29 is 0 Å². The molecular weight excluding hydrogens is 298 g/mol. The van der Waals surface area contributed by atoms with Gasteiger partial charge in [-0.1, -0.05) is 6.92 Å². The van der Waals surface area contributed by atoms with Crippen molar-refractivity contribution in [3.05, 3.63) is 57.1 Å². The molecule has 9 heteroatoms. The summed E-state index contributed by atoms with van der Waals surface area (Å²) in [6, 6.07) is 3.02. The number of H-pyrrole nitrogens is 1. The minimum absolute atomic E-state index is 0.121. The lowest BCUT2D eigenvalue weighted by atomic mass is 10.3. The Kier molecular flexibility index (Phi) is 2.80. The highest BCUT2D eigenvalue weighted by Gasteiger charge is 2.13. The van der Waals surface area contributed by atoms with Crippen molar-refractivity contribution in [2.75, 3.05) is 0 Å². The highest BCUT2D eigenvalue weighted by Crippen LogP contribution is 2.09. The van der Waals surface area contributed by atoms with E-state index in [-0.39, 0.29) is 16.6 Å². The van der Waals surface area contributed by atoms with Gasteiger partial charge in [-0.25, -0.2) is 0 Å². The molecule has 0 radical (unpaired) electrons. The highest BCUT2D eigenvalue weighted by atomic mass is 16.1. The third-order valence-corrected chi connectivity index (χ3v) is 3.53. The van der Waals surface area contributed by atoms with Gasteiger partial charge in [0.2, 0.25) is 5.43 Å². The van der Waals surface area contributed by atoms with Gasteiger partial charge in [-0.3, -0.25) is 14.2 Å². The van der Waals surface area contributed by atoms with Crippen LogP contribution >= 0.6 is 0 Å². The maximum absolute atomic E-state index is 12.6. The number of aromatic amines is 1. The summed E-state index contributed by atoms with van der Waals surface area (Å²) < 4.78 is 2.72. The van der Waals surface area contributed by atoms with E-state index in [1.165, 1.54) is 33.7 Å². The molecule has 4 aromatic heterocycles. The van der Waals surface area contributed by atoms with Crippen molar-refractivity contribution in [2.45, 2.75) is 13.3 Å². The fourth-order valence-electron chi connectivity index (χ4n) is 2.38. The number of aryl methyl sites for hydroxylation is 1. The summed E-state index contributed by atoms with van der Waals surface area (Å²) in [6.45, 7) is 1.93. The lowest BCUT2D eigenvalue weighted by Gasteiger charge is -2.05. The Morgan fingerprint density at radius 2 is 2.09 bits per heavy atom. The predicted octanol–water partition coefficient (Wildman–Crippen LogP) is 0.0741. The summed E-state index contributed by atoms with van der Waals surface area (Å²) in [5.74, 6) is 0.958. The van der Waals surface area contributed by atoms with Gasteiger partial charge in [-0.05, 0) is 6.07 Å². The van der Waals surface area contributed by atoms with Gasteiger partial charge >= 0.3 is 0 Å². The maximum Gasteiger partial charge on any atom is 0.285 e. The minimum Gasteiger partial charge on any atom is -0.366 e. The van der Waals surface area contributed by atoms with Gasteiger partial charge in [0, 0.05) is 31.1 Å². The first-order valence-corrected chi connectivity index (χ1v) is 7.00. The molecule has 114 valence electrons. The van der Waals surface area contributed by atoms with Gasteiger partial charge in [-0.15, -0.1) is 15.3 Å². The second kappa shape index (κ2) is 4.83. The molecule has 0 aromatic carbocycles. The number of hydrogen-bond donors (Lipinski definition) is 1. The molecule has 0 aliphatic carbocycles. The van der Waals surface area contributed by atoms with Gasteiger partial charge in [0.15, 0.2) is 11.3 Å². The predicted molar refractivity (Wildman–Crippen MR) is 81.7 cm³/mol. The molecular formula is C14H11N7O2. The fourth-order valence-corrected chi connectivity index (χ4v) is 2.38. The van der Waals surface area contributed by atoms with Crippen LogP contribution in [0.25, 0.3) is 22.5 Å². The molecule has 0 fully saturated rings. The van der Waals surface area contributed by atoms with Crippen molar-refractivity contribution in [1.82, 2.24) is 34.3 Å². The first kappa shape index (κ1) is 13.3. The molecule has 4 aromatic rings. The molecule has 4 rings (SSSR count). The van der Waals surface area contributed by atoms with Crippen LogP contribution in [0.2, 0.25) is 0 Å². The van der Waals surface area contributed by atoms with Crippen molar-refractivity contribution >= 4 is 16.8 Å². The number of fused-ring (bicyclic) bond motifs is 3. The molecule has 0 amide bonds. The third-order valence-electron chi connectivity index (χ3n) is 3.53. The molecule has 0 saturated carbocycles. The first-order valence-electron chi connectivity index (χ1n) is 7.00. The van der Waals surface area contributed by atoms with Crippen LogP contribution < -0.4 is 11.0 Å². The molecule has 23 heavy (non-hydrogen) atoms. The van der Waals surface area contributed by atoms with Gasteiger partial charge in [0.1, 0.15) is 11.2 Å². The van der Waals surface area contributed by atoms with Gasteiger partial charge in [-0.2, -0.15) is 9.50 Å². The van der Waals surface area contributed by atoms with Crippen LogP contribution in [0.15, 0.2) is 40.3 Å². The van der Waals surface area contributed by atoms with E-state index in [4.69, 9.17) is 0 Å². The zero-order chi connectivity index (χ0) is 16.0. The normalized spacial score (nSPS) is 11.3. The van der Waals surface area contributed by atoms with Crippen LogP contribution in [0, 0.1) is 0 Å². The lowest BCUT2D eigenvalue weighted by molar-refractivity contribution is 0.882. The average Bonchev–Trinajstić information content (AvgIpc) is 3.00. The van der Waals surface area contributed by atoms with Crippen LogP contribution in [0.4, 0.5) is 0 Å². The van der Waals surface area contributed by atoms with E-state index in [2.05, 4.69) is 25.3 Å². The SMILES string of the molecule is CCc1nc2nnc3c(=O)n(-c4c[nH]ccc4=O)ccc3n2n1. The summed E-state index contributed by atoms with van der Waals surface area (Å²) in [4.78, 5) is 31.6. The van der Waals surface area contributed by atoms with Crippen molar-refractivity contribution in [2.24, 2.45) is 0 Å². The van der Waals surface area contributed by atoms with E-state index < -0.39 is 5.56 Å². The van der Waals surface area contributed by atoms with E-state index in [1.54, 1.807) is 6.07 Å². The van der Waals surface area contributed by atoms with Crippen LogP contribution in [0.5, 0.6) is 0 Å². The zero-order valence-electron chi connectivity index (χ0n) is 12.1. The third kappa shape index (κ3) is 1.94. The van der Waals surface area contributed by atoms with Crippen molar-refractivity contribution in [3.63, 3.8) is 0 Å². The van der Waals surface area contributed by atoms with Crippen molar-refractivity contribution in [3.8, 4) is 5.69 Å². The lowest BCUT2D eigenvalue weighted by Crippen LogP contribution is -2.24. The van der Waals surface area contributed by atoms with Crippen LogP contribution in [0.1, 0.15) is 12.7 Å². The number of hydrogen-bond acceptors (Lipinski definition) is 6. The number of nitrogens with zero attached hydrogens (tertiary/aromatic N) is 6. The molecule has 9 nitrogen and oxygen atoms in total. The van der Waals surface area contributed by atoms with E-state index in [0.29, 0.717) is 23.5 Å². The van der Waals surface area contributed by atoms with E-state index in [9.17, 15) is 9.59 Å². The van der Waals surface area contributed by atoms with Crippen molar-refractivity contribution in [1.29, 1.82) is 0 Å². The smallest absolute Gasteiger partial charge is 0.285 e. The molecule has 0 spiro atoms. The standard InChI is InChI=1S/C14H11N7O2/c1-2-11-16-14-18-17-12-8(21(14)19-11)4-6-20(13(12)23)9-7-15-5-3-10(9)22/h3-7H,2H2,1H3,(H,15,22). The summed E-state index contributed by atoms with van der Waals surface area (Å²) >= 11 is 0. The molecule has 1 N–H and O–H groups in total. The largest absolute Gasteiger partial charge is 0.366 e. The second-order valence-electron chi connectivity index (χ2n) is 4.91. The number of aromatic nitrogens is 7. The highest BCUT2D eigenvalue weighted by molar-refractivity contribution is 5.74. The van der Waals surface area contributed by atoms with Crippen LogP contribution in [0.3, 0.4) is 0 Å². The van der Waals surface area contributed by atoms with Crippen LogP contribution in [-0.4, -0.2) is 34.3 Å². The Bertz CT molecular complexity index is 1160. The number of rotatable bonds is 2. The Labute approximate surface area is 128 Å². The Hall–Kier alpha value is -3.36. The monoisotopic (exact) mass is 309 g/mol. The van der Waals surface area contributed by atoms with E-state index in [0.717, 1.165) is 0 Å². The minimum atomic E-state index is -0.442.